The van der Waals surface area contributed by atoms with Crippen LogP contribution in [0.2, 0.25) is 0 Å². The highest BCUT2D eigenvalue weighted by Crippen LogP contribution is 2.32. The van der Waals surface area contributed by atoms with E-state index in [1.807, 2.05) is 68.4 Å². The predicted molar refractivity (Wildman–Crippen MR) is 134 cm³/mol. The van der Waals surface area contributed by atoms with Crippen LogP contribution >= 0.6 is 0 Å². The largest absolute Gasteiger partial charge is 0.462 e. The van der Waals surface area contributed by atoms with E-state index in [1.54, 1.807) is 31.5 Å². The highest BCUT2D eigenvalue weighted by atomic mass is 16.7. The Morgan fingerprint density at radius 1 is 0.771 bits per heavy atom. The molecule has 0 radical (unpaired) electrons. The van der Waals surface area contributed by atoms with Crippen molar-refractivity contribution in [2.24, 2.45) is 0 Å². The summed E-state index contributed by atoms with van der Waals surface area (Å²) >= 11 is 0. The minimum Gasteiger partial charge on any atom is -0.462 e. The van der Waals surface area contributed by atoms with E-state index >= 15 is 0 Å². The number of hydrogen-bond acceptors (Lipinski definition) is 8. The number of nitrogens with zero attached hydrogens (tertiary/aromatic N) is 2. The molecule has 0 fully saturated rings. The zero-order chi connectivity index (χ0) is 24.4. The molecule has 0 atom stereocenters. The summed E-state index contributed by atoms with van der Waals surface area (Å²) in [6, 6.07) is 21.3. The predicted octanol–water partition coefficient (Wildman–Crippen LogP) is 4.99. The normalized spacial score (nSPS) is 14.4. The quantitative estimate of drug-likeness (QED) is 0.488. The number of hydrazine groups is 2. The van der Waals surface area contributed by atoms with Gasteiger partial charge in [-0.15, -0.1) is 10.3 Å². The number of carbonyl (C=O) groups excluding carboxylic acids is 1. The van der Waals surface area contributed by atoms with Gasteiger partial charge in [-0.1, -0.05) is 59.7 Å². The van der Waals surface area contributed by atoms with Crippen molar-refractivity contribution in [1.29, 1.82) is 0 Å². The molecule has 2 N–H and O–H groups in total. The van der Waals surface area contributed by atoms with Crippen LogP contribution in [0.3, 0.4) is 0 Å². The zero-order valence-electron chi connectivity index (χ0n) is 19.7. The summed E-state index contributed by atoms with van der Waals surface area (Å²) < 4.78 is 5.24. The molecule has 2 heterocycles. The fourth-order valence-corrected chi connectivity index (χ4v) is 3.66. The van der Waals surface area contributed by atoms with Gasteiger partial charge in [0.1, 0.15) is 11.4 Å². The second-order valence-electron chi connectivity index (χ2n) is 8.24. The first kappa shape index (κ1) is 22.2. The Bertz CT molecular complexity index is 1210. The summed E-state index contributed by atoms with van der Waals surface area (Å²) in [7, 11) is 0. The highest BCUT2D eigenvalue weighted by Gasteiger charge is 2.24. The summed E-state index contributed by atoms with van der Waals surface area (Å²) in [6.45, 7) is 6.12. The highest BCUT2D eigenvalue weighted by molar-refractivity contribution is 5.92. The van der Waals surface area contributed by atoms with Crippen molar-refractivity contribution in [2.45, 2.75) is 20.8 Å². The third-order valence-electron chi connectivity index (χ3n) is 5.56. The van der Waals surface area contributed by atoms with E-state index < -0.39 is 5.97 Å². The molecule has 0 unspecified atom stereocenters. The van der Waals surface area contributed by atoms with Gasteiger partial charge >= 0.3 is 5.97 Å². The van der Waals surface area contributed by atoms with E-state index in [0.29, 0.717) is 28.5 Å². The van der Waals surface area contributed by atoms with Crippen LogP contribution in [0.15, 0.2) is 79.1 Å². The van der Waals surface area contributed by atoms with Gasteiger partial charge in [0.05, 0.1) is 24.6 Å². The van der Waals surface area contributed by atoms with E-state index in [0.717, 1.165) is 11.1 Å². The molecule has 2 aliphatic heterocycles. The van der Waals surface area contributed by atoms with Crippen LogP contribution in [0.1, 0.15) is 39.5 Å². The van der Waals surface area contributed by atoms with Crippen molar-refractivity contribution in [2.75, 3.05) is 17.0 Å². The lowest BCUT2D eigenvalue weighted by molar-refractivity contribution is 0.0526. The minimum atomic E-state index is -0.438. The monoisotopic (exact) mass is 470 g/mol. The maximum atomic E-state index is 12.6. The molecule has 2 aliphatic rings. The summed E-state index contributed by atoms with van der Waals surface area (Å²) in [4.78, 5) is 24.7. The Morgan fingerprint density at radius 3 is 1.66 bits per heavy atom. The maximum absolute atomic E-state index is 12.6. The fraction of sp³-hybridized carbons (Fsp3) is 0.148. The van der Waals surface area contributed by atoms with Gasteiger partial charge in [0.2, 0.25) is 0 Å². The van der Waals surface area contributed by atoms with Gasteiger partial charge in [0, 0.05) is 11.1 Å². The molecule has 35 heavy (non-hydrogen) atoms. The Kier molecular flexibility index (Phi) is 5.93. The molecule has 5 rings (SSSR count). The first-order chi connectivity index (χ1) is 17.0. The molecule has 0 saturated carbocycles. The molecular formula is C27H26N4O4. The number of hydrogen-bond donors (Lipinski definition) is 2. The standard InChI is InChI=1S/C27H26N4O4/c1-4-33-27(32)22-13-23(30-28-16-25(34-30)20-9-5-18(2)6-10-20)15-24(14-22)31-29-17-26(35-31)21-11-7-19(3)8-12-21/h5-17,28-29H,4H2,1-3H3. The average molecular weight is 471 g/mol. The molecule has 3 aromatic rings. The van der Waals surface area contributed by atoms with Gasteiger partial charge in [-0.05, 0) is 39.0 Å². The molecule has 0 aromatic heterocycles. The number of esters is 1. The number of anilines is 2. The van der Waals surface area contributed by atoms with Crippen molar-refractivity contribution >= 4 is 28.9 Å². The Labute approximate surface area is 203 Å². The van der Waals surface area contributed by atoms with Crippen molar-refractivity contribution in [3.05, 3.63) is 107 Å². The molecule has 0 bridgehead atoms. The molecular weight excluding hydrogens is 444 g/mol. The molecule has 0 saturated heterocycles. The van der Waals surface area contributed by atoms with Crippen LogP contribution in [0.5, 0.6) is 0 Å². The number of ether oxygens (including phenoxy) is 1. The summed E-state index contributed by atoms with van der Waals surface area (Å²) in [5.41, 5.74) is 11.9. The van der Waals surface area contributed by atoms with E-state index in [-0.39, 0.29) is 6.61 Å². The van der Waals surface area contributed by atoms with Crippen LogP contribution in [-0.2, 0) is 14.4 Å². The zero-order valence-corrected chi connectivity index (χ0v) is 19.7. The Balaban J connectivity index is 1.39. The molecule has 178 valence electrons. The average Bonchev–Trinajstić information content (AvgIpc) is 3.56. The summed E-state index contributed by atoms with van der Waals surface area (Å²) in [5, 5.41) is 2.98. The van der Waals surface area contributed by atoms with Gasteiger partial charge in [-0.3, -0.25) is 10.9 Å². The maximum Gasteiger partial charge on any atom is 0.338 e. The lowest BCUT2D eigenvalue weighted by Crippen LogP contribution is -2.31. The molecule has 0 aliphatic carbocycles. The van der Waals surface area contributed by atoms with Crippen molar-refractivity contribution in [3.63, 3.8) is 0 Å². The van der Waals surface area contributed by atoms with Crippen molar-refractivity contribution < 1.29 is 19.2 Å². The van der Waals surface area contributed by atoms with E-state index in [2.05, 4.69) is 10.9 Å². The third kappa shape index (κ3) is 4.72. The van der Waals surface area contributed by atoms with Gasteiger partial charge in [-0.25, -0.2) is 4.79 Å². The van der Waals surface area contributed by atoms with E-state index in [1.165, 1.54) is 21.5 Å². The molecule has 8 heteroatoms. The second-order valence-corrected chi connectivity index (χ2v) is 8.24. The summed E-state index contributed by atoms with van der Waals surface area (Å²) in [5.74, 6) is 0.881. The first-order valence-corrected chi connectivity index (χ1v) is 11.4. The lowest BCUT2D eigenvalue weighted by Gasteiger charge is -2.23. The van der Waals surface area contributed by atoms with Gasteiger partial charge in [0.15, 0.2) is 11.5 Å². The SMILES string of the molecule is CCOC(=O)c1cc(N2NC=C(c3ccc(C)cc3)O2)cc(N2NC=C(c3ccc(C)cc3)O2)c1. The van der Waals surface area contributed by atoms with Crippen molar-refractivity contribution in [3.8, 4) is 0 Å². The first-order valence-electron chi connectivity index (χ1n) is 11.4. The Hall–Kier alpha value is -4.59. The number of rotatable bonds is 6. The summed E-state index contributed by atoms with van der Waals surface area (Å²) in [6.07, 6.45) is 3.53. The number of nitrogens with one attached hydrogen (secondary N) is 2. The second kappa shape index (κ2) is 9.34. The van der Waals surface area contributed by atoms with Crippen LogP contribution in [0.25, 0.3) is 11.5 Å². The molecule has 8 nitrogen and oxygen atoms in total. The van der Waals surface area contributed by atoms with Crippen LogP contribution in [-0.4, -0.2) is 12.6 Å². The minimum absolute atomic E-state index is 0.271. The van der Waals surface area contributed by atoms with Gasteiger partial charge < -0.3 is 14.4 Å². The van der Waals surface area contributed by atoms with Gasteiger partial charge in [-0.2, -0.15) is 0 Å². The van der Waals surface area contributed by atoms with E-state index in [9.17, 15) is 4.79 Å². The lowest BCUT2D eigenvalue weighted by atomic mass is 10.1. The Morgan fingerprint density at radius 2 is 1.23 bits per heavy atom. The third-order valence-corrected chi connectivity index (χ3v) is 5.56. The molecule has 0 amide bonds. The molecule has 3 aromatic carbocycles. The van der Waals surface area contributed by atoms with E-state index in [4.69, 9.17) is 14.4 Å². The van der Waals surface area contributed by atoms with Gasteiger partial charge in [0.25, 0.3) is 0 Å². The molecule has 0 spiro atoms. The topological polar surface area (TPSA) is 75.3 Å². The number of aryl methyl sites for hydroxylation is 2. The smallest absolute Gasteiger partial charge is 0.338 e. The van der Waals surface area contributed by atoms with Crippen molar-refractivity contribution in [1.82, 2.24) is 10.9 Å². The van der Waals surface area contributed by atoms with Crippen LogP contribution in [0.4, 0.5) is 11.4 Å². The number of carbonyl (C=O) groups is 1. The van der Waals surface area contributed by atoms with Crippen LogP contribution < -0.4 is 21.2 Å². The van der Waals surface area contributed by atoms with Crippen LogP contribution in [0, 0.1) is 13.8 Å². The fourth-order valence-electron chi connectivity index (χ4n) is 3.66. The number of benzene rings is 3.